The zero-order valence-corrected chi connectivity index (χ0v) is 20.3. The Balaban J connectivity index is 1.63. The van der Waals surface area contributed by atoms with E-state index < -0.39 is 5.25 Å². The van der Waals surface area contributed by atoms with Crippen molar-refractivity contribution in [1.82, 2.24) is 24.6 Å². The van der Waals surface area contributed by atoms with Crippen LogP contribution in [-0.4, -0.2) is 43.6 Å². The summed E-state index contributed by atoms with van der Waals surface area (Å²) in [6.45, 7) is 3.57. The van der Waals surface area contributed by atoms with Gasteiger partial charge in [0.15, 0.2) is 11.0 Å². The molecule has 1 aliphatic heterocycles. The van der Waals surface area contributed by atoms with Gasteiger partial charge in [0.2, 0.25) is 5.91 Å². The quantitative estimate of drug-likeness (QED) is 0.323. The van der Waals surface area contributed by atoms with E-state index in [4.69, 9.17) is 11.6 Å². The Hall–Kier alpha value is -3.16. The van der Waals surface area contributed by atoms with Crippen molar-refractivity contribution < 1.29 is 4.79 Å². The first-order chi connectivity index (χ1) is 16.6. The van der Waals surface area contributed by atoms with Gasteiger partial charge in [-0.2, -0.15) is 0 Å². The molecule has 3 heterocycles. The summed E-state index contributed by atoms with van der Waals surface area (Å²) >= 11 is 7.92. The van der Waals surface area contributed by atoms with E-state index in [9.17, 15) is 4.79 Å². The summed E-state index contributed by atoms with van der Waals surface area (Å²) in [5.41, 5.74) is 3.64. The third-order valence-electron chi connectivity index (χ3n) is 6.02. The fourth-order valence-electron chi connectivity index (χ4n) is 4.19. The van der Waals surface area contributed by atoms with Crippen LogP contribution in [0.1, 0.15) is 29.2 Å². The summed E-state index contributed by atoms with van der Waals surface area (Å²) in [7, 11) is 0. The van der Waals surface area contributed by atoms with Gasteiger partial charge in [0.25, 0.3) is 0 Å². The van der Waals surface area contributed by atoms with Crippen molar-refractivity contribution in [3.05, 3.63) is 89.2 Å². The van der Waals surface area contributed by atoms with Crippen molar-refractivity contribution in [3.8, 4) is 17.1 Å². The summed E-state index contributed by atoms with van der Waals surface area (Å²) in [6, 6.07) is 19.5. The number of aromatic nitrogens is 4. The Labute approximate surface area is 208 Å². The first kappa shape index (κ1) is 22.6. The molecule has 1 amide bonds. The highest BCUT2D eigenvalue weighted by atomic mass is 35.5. The normalized spacial score (nSPS) is 14.4. The molecule has 0 saturated carbocycles. The number of pyridine rings is 1. The van der Waals surface area contributed by atoms with Gasteiger partial charge in [-0.1, -0.05) is 59.8 Å². The van der Waals surface area contributed by atoms with E-state index in [0.29, 0.717) is 16.0 Å². The average Bonchev–Trinajstić information content (AvgIpc) is 3.56. The monoisotopic (exact) mass is 489 g/mol. The molecule has 0 bridgehead atoms. The van der Waals surface area contributed by atoms with E-state index >= 15 is 0 Å². The Kier molecular flexibility index (Phi) is 6.65. The molecule has 0 N–H and O–H groups in total. The molecule has 172 valence electrons. The van der Waals surface area contributed by atoms with E-state index in [2.05, 4.69) is 15.2 Å². The van der Waals surface area contributed by atoms with Gasteiger partial charge in [0.1, 0.15) is 5.25 Å². The Bertz CT molecular complexity index is 1290. The summed E-state index contributed by atoms with van der Waals surface area (Å²) in [5.74, 6) is 0.784. The van der Waals surface area contributed by atoms with Gasteiger partial charge in [-0.25, -0.2) is 0 Å². The molecule has 34 heavy (non-hydrogen) atoms. The second-order valence-electron chi connectivity index (χ2n) is 8.20. The summed E-state index contributed by atoms with van der Waals surface area (Å²) in [4.78, 5) is 19.7. The van der Waals surface area contributed by atoms with Gasteiger partial charge in [-0.15, -0.1) is 10.2 Å². The van der Waals surface area contributed by atoms with Gasteiger partial charge in [-0.05, 0) is 55.2 Å². The molecule has 0 aliphatic carbocycles. The number of benzene rings is 2. The number of rotatable bonds is 6. The first-order valence-electron chi connectivity index (χ1n) is 11.2. The SMILES string of the molecule is Cc1c(Cl)cccc1-n1c(SC(C(=O)N2CCCC2)c2ccccc2)nnc1-c1ccncc1. The van der Waals surface area contributed by atoms with Gasteiger partial charge in [-0.3, -0.25) is 14.3 Å². The molecule has 0 radical (unpaired) electrons. The topological polar surface area (TPSA) is 63.9 Å². The number of likely N-dealkylation sites (tertiary alicyclic amines) is 1. The van der Waals surface area contributed by atoms with Crippen LogP contribution in [0.25, 0.3) is 17.1 Å². The lowest BCUT2D eigenvalue weighted by atomic mass is 10.1. The summed E-state index contributed by atoms with van der Waals surface area (Å²) in [5, 5.41) is 9.97. The van der Waals surface area contributed by atoms with Crippen LogP contribution >= 0.6 is 23.4 Å². The Morgan fingerprint density at radius 3 is 2.44 bits per heavy atom. The highest BCUT2D eigenvalue weighted by Crippen LogP contribution is 2.40. The van der Waals surface area contributed by atoms with E-state index in [1.165, 1.54) is 11.8 Å². The second kappa shape index (κ2) is 9.99. The fraction of sp³-hybridized carbons (Fsp3) is 0.231. The molecule has 8 heteroatoms. The molecular formula is C26H24ClN5OS. The minimum Gasteiger partial charge on any atom is -0.341 e. The molecule has 1 atom stereocenters. The van der Waals surface area contributed by atoms with Gasteiger partial charge in [0.05, 0.1) is 5.69 Å². The fourth-order valence-corrected chi connectivity index (χ4v) is 5.49. The van der Waals surface area contributed by atoms with Crippen LogP contribution in [0.3, 0.4) is 0 Å². The Morgan fingerprint density at radius 1 is 0.971 bits per heavy atom. The molecule has 1 unspecified atom stereocenters. The predicted molar refractivity (Wildman–Crippen MR) is 135 cm³/mol. The predicted octanol–water partition coefficient (Wildman–Crippen LogP) is 5.75. The molecule has 6 nitrogen and oxygen atoms in total. The van der Waals surface area contributed by atoms with Crippen LogP contribution in [0.4, 0.5) is 0 Å². The molecule has 1 aliphatic rings. The Morgan fingerprint density at radius 2 is 1.71 bits per heavy atom. The molecule has 2 aromatic carbocycles. The highest BCUT2D eigenvalue weighted by molar-refractivity contribution is 8.00. The van der Waals surface area contributed by atoms with Crippen LogP contribution in [0.5, 0.6) is 0 Å². The minimum absolute atomic E-state index is 0.108. The lowest BCUT2D eigenvalue weighted by Crippen LogP contribution is -2.31. The van der Waals surface area contributed by atoms with Gasteiger partial charge < -0.3 is 4.90 Å². The van der Waals surface area contributed by atoms with E-state index in [1.807, 2.05) is 77.1 Å². The molecule has 0 spiro atoms. The lowest BCUT2D eigenvalue weighted by molar-refractivity contribution is -0.129. The zero-order chi connectivity index (χ0) is 23.5. The van der Waals surface area contributed by atoms with E-state index in [0.717, 1.165) is 48.3 Å². The van der Waals surface area contributed by atoms with Crippen molar-refractivity contribution in [3.63, 3.8) is 0 Å². The maximum atomic E-state index is 13.6. The number of hydrogen-bond acceptors (Lipinski definition) is 5. The van der Waals surface area contributed by atoms with Crippen molar-refractivity contribution in [1.29, 1.82) is 0 Å². The smallest absolute Gasteiger partial charge is 0.240 e. The number of carbonyl (C=O) groups is 1. The standard InChI is InChI=1S/C26H24ClN5OS/c1-18-21(27)10-7-11-22(18)32-24(20-12-14-28-15-13-20)29-30-26(32)34-23(19-8-3-2-4-9-19)25(33)31-16-5-6-17-31/h2-4,7-15,23H,5-6,16-17H2,1H3. The summed E-state index contributed by atoms with van der Waals surface area (Å²) in [6.07, 6.45) is 5.55. The van der Waals surface area contributed by atoms with Crippen LogP contribution in [0, 0.1) is 6.92 Å². The highest BCUT2D eigenvalue weighted by Gasteiger charge is 2.31. The number of nitrogens with zero attached hydrogens (tertiary/aromatic N) is 5. The van der Waals surface area contributed by atoms with E-state index in [-0.39, 0.29) is 5.91 Å². The second-order valence-corrected chi connectivity index (χ2v) is 9.68. The third-order valence-corrected chi connectivity index (χ3v) is 7.61. The average molecular weight is 490 g/mol. The van der Waals surface area contributed by atoms with Crippen molar-refractivity contribution in [2.45, 2.75) is 30.2 Å². The van der Waals surface area contributed by atoms with Gasteiger partial charge >= 0.3 is 0 Å². The van der Waals surface area contributed by atoms with Crippen LogP contribution in [0.15, 0.2) is 78.2 Å². The van der Waals surface area contributed by atoms with Crippen molar-refractivity contribution >= 4 is 29.3 Å². The molecule has 1 saturated heterocycles. The minimum atomic E-state index is -0.424. The van der Waals surface area contributed by atoms with Gasteiger partial charge in [0, 0.05) is 36.1 Å². The largest absolute Gasteiger partial charge is 0.341 e. The summed E-state index contributed by atoms with van der Waals surface area (Å²) < 4.78 is 1.99. The molecular weight excluding hydrogens is 466 g/mol. The number of hydrogen-bond donors (Lipinski definition) is 0. The van der Waals surface area contributed by atoms with E-state index in [1.54, 1.807) is 12.4 Å². The molecule has 5 rings (SSSR count). The molecule has 1 fully saturated rings. The number of halogens is 1. The zero-order valence-electron chi connectivity index (χ0n) is 18.8. The van der Waals surface area contributed by atoms with Crippen molar-refractivity contribution in [2.75, 3.05) is 13.1 Å². The number of thioether (sulfide) groups is 1. The lowest BCUT2D eigenvalue weighted by Gasteiger charge is -2.23. The molecule has 4 aromatic rings. The maximum Gasteiger partial charge on any atom is 0.240 e. The van der Waals surface area contributed by atoms with Crippen LogP contribution < -0.4 is 0 Å². The molecule has 2 aromatic heterocycles. The van der Waals surface area contributed by atoms with Crippen LogP contribution in [0.2, 0.25) is 5.02 Å². The first-order valence-corrected chi connectivity index (χ1v) is 12.5. The van der Waals surface area contributed by atoms with Crippen LogP contribution in [-0.2, 0) is 4.79 Å². The number of amides is 1. The third kappa shape index (κ3) is 4.45. The maximum absolute atomic E-state index is 13.6. The number of carbonyl (C=O) groups excluding carboxylic acids is 1. The van der Waals surface area contributed by atoms with Crippen molar-refractivity contribution in [2.24, 2.45) is 0 Å².